The van der Waals surface area contributed by atoms with Gasteiger partial charge < -0.3 is 10.2 Å². The Morgan fingerprint density at radius 3 is 3.00 bits per heavy atom. The summed E-state index contributed by atoms with van der Waals surface area (Å²) in [7, 11) is 0. The number of ketones is 1. The van der Waals surface area contributed by atoms with E-state index in [9.17, 15) is 4.79 Å². The molecule has 3 heteroatoms. The molecule has 2 N–H and O–H groups in total. The Kier molecular flexibility index (Phi) is 2.42. The van der Waals surface area contributed by atoms with Gasteiger partial charge in [-0.05, 0) is 26.3 Å². The van der Waals surface area contributed by atoms with Gasteiger partial charge in [-0.15, -0.1) is 0 Å². The fraction of sp³-hybridized carbons (Fsp3) is 0.545. The maximum Gasteiger partial charge on any atom is 0.167 e. The van der Waals surface area contributed by atoms with Crippen LogP contribution in [0.3, 0.4) is 0 Å². The Balaban J connectivity index is 2.37. The number of furan rings is 1. The van der Waals surface area contributed by atoms with Gasteiger partial charge in [0.05, 0.1) is 5.56 Å². The molecule has 14 heavy (non-hydrogen) atoms. The standard InChI is InChI=1S/C11H15NO2/c1-7-11(9(13)5-6-12)8-3-2-4-10(8)14-7/h2-6,12H2,1H3. The Hall–Kier alpha value is -1.09. The van der Waals surface area contributed by atoms with Gasteiger partial charge in [0.25, 0.3) is 0 Å². The summed E-state index contributed by atoms with van der Waals surface area (Å²) in [4.78, 5) is 11.7. The van der Waals surface area contributed by atoms with Gasteiger partial charge >= 0.3 is 0 Å². The largest absolute Gasteiger partial charge is 0.465 e. The van der Waals surface area contributed by atoms with E-state index >= 15 is 0 Å². The van der Waals surface area contributed by atoms with Gasteiger partial charge in [0, 0.05) is 18.4 Å². The maximum absolute atomic E-state index is 11.7. The molecule has 1 aliphatic rings. The van der Waals surface area contributed by atoms with Crippen LogP contribution in [0.15, 0.2) is 4.42 Å². The molecule has 1 aliphatic carbocycles. The summed E-state index contributed by atoms with van der Waals surface area (Å²) in [5.74, 6) is 1.92. The van der Waals surface area contributed by atoms with Gasteiger partial charge in [0.2, 0.25) is 0 Å². The molecule has 0 saturated carbocycles. The normalized spacial score (nSPS) is 14.4. The summed E-state index contributed by atoms with van der Waals surface area (Å²) < 4.78 is 5.56. The molecule has 3 nitrogen and oxygen atoms in total. The van der Waals surface area contributed by atoms with Gasteiger partial charge in [-0.3, -0.25) is 4.79 Å². The number of carbonyl (C=O) groups is 1. The molecule has 1 aromatic rings. The average Bonchev–Trinajstić information content (AvgIpc) is 2.63. The minimum absolute atomic E-state index is 0.136. The molecule has 0 bridgehead atoms. The quantitative estimate of drug-likeness (QED) is 0.742. The summed E-state index contributed by atoms with van der Waals surface area (Å²) in [5, 5.41) is 0. The van der Waals surface area contributed by atoms with E-state index in [1.807, 2.05) is 6.92 Å². The van der Waals surface area contributed by atoms with E-state index < -0.39 is 0 Å². The van der Waals surface area contributed by atoms with Gasteiger partial charge in [0.15, 0.2) is 5.78 Å². The zero-order valence-electron chi connectivity index (χ0n) is 8.43. The maximum atomic E-state index is 11.7. The number of aryl methyl sites for hydroxylation is 2. The molecule has 1 aromatic heterocycles. The lowest BCUT2D eigenvalue weighted by molar-refractivity contribution is 0.0983. The van der Waals surface area contributed by atoms with Crippen LogP contribution in [0.1, 0.15) is 40.3 Å². The Morgan fingerprint density at radius 2 is 2.29 bits per heavy atom. The van der Waals surface area contributed by atoms with Crippen molar-refractivity contribution in [1.29, 1.82) is 0 Å². The van der Waals surface area contributed by atoms with E-state index in [1.54, 1.807) is 0 Å². The van der Waals surface area contributed by atoms with Gasteiger partial charge in [-0.1, -0.05) is 0 Å². The summed E-state index contributed by atoms with van der Waals surface area (Å²) >= 11 is 0. The molecule has 0 unspecified atom stereocenters. The lowest BCUT2D eigenvalue weighted by Crippen LogP contribution is -2.09. The van der Waals surface area contributed by atoms with E-state index in [-0.39, 0.29) is 5.78 Å². The first-order valence-corrected chi connectivity index (χ1v) is 5.08. The summed E-state index contributed by atoms with van der Waals surface area (Å²) in [6.45, 7) is 2.28. The van der Waals surface area contributed by atoms with Crippen LogP contribution in [0.5, 0.6) is 0 Å². The summed E-state index contributed by atoms with van der Waals surface area (Å²) in [6, 6.07) is 0. The SMILES string of the molecule is Cc1oc2c(c1C(=O)CCN)CCC2. The van der Waals surface area contributed by atoms with Crippen LogP contribution in [0.25, 0.3) is 0 Å². The fourth-order valence-electron chi connectivity index (χ4n) is 2.16. The van der Waals surface area contributed by atoms with Crippen molar-refractivity contribution >= 4 is 5.78 Å². The van der Waals surface area contributed by atoms with Crippen molar-refractivity contribution in [3.8, 4) is 0 Å². The van der Waals surface area contributed by atoms with Crippen LogP contribution in [0.4, 0.5) is 0 Å². The van der Waals surface area contributed by atoms with Gasteiger partial charge in [0.1, 0.15) is 11.5 Å². The summed E-state index contributed by atoms with van der Waals surface area (Å²) in [5.41, 5.74) is 7.33. The molecular formula is C11H15NO2. The molecule has 0 atom stereocenters. The average molecular weight is 193 g/mol. The van der Waals surface area contributed by atoms with Crippen LogP contribution in [0, 0.1) is 6.92 Å². The summed E-state index contributed by atoms with van der Waals surface area (Å²) in [6.07, 6.45) is 3.49. The van der Waals surface area contributed by atoms with E-state index in [4.69, 9.17) is 10.2 Å². The second-order valence-corrected chi connectivity index (χ2v) is 3.75. The number of hydrogen-bond acceptors (Lipinski definition) is 3. The van der Waals surface area contributed by atoms with Gasteiger partial charge in [-0.2, -0.15) is 0 Å². The molecule has 0 fully saturated rings. The van der Waals surface area contributed by atoms with Gasteiger partial charge in [-0.25, -0.2) is 0 Å². The molecule has 0 radical (unpaired) electrons. The molecule has 0 amide bonds. The second-order valence-electron chi connectivity index (χ2n) is 3.75. The van der Waals surface area contributed by atoms with E-state index in [0.717, 1.165) is 41.9 Å². The Bertz CT molecular complexity index is 366. The Morgan fingerprint density at radius 1 is 1.50 bits per heavy atom. The number of Topliss-reactive ketones (excluding diaryl/α,β-unsaturated/α-hetero) is 1. The highest BCUT2D eigenvalue weighted by Gasteiger charge is 2.25. The number of rotatable bonds is 3. The zero-order chi connectivity index (χ0) is 10.1. The second kappa shape index (κ2) is 3.58. The lowest BCUT2D eigenvalue weighted by atomic mass is 10.0. The first-order valence-electron chi connectivity index (χ1n) is 5.08. The zero-order valence-corrected chi connectivity index (χ0v) is 8.43. The van der Waals surface area contributed by atoms with Crippen molar-refractivity contribution < 1.29 is 9.21 Å². The molecule has 0 aromatic carbocycles. The highest BCUT2D eigenvalue weighted by molar-refractivity contribution is 5.98. The van der Waals surface area contributed by atoms with Crippen LogP contribution >= 0.6 is 0 Å². The predicted molar refractivity (Wildman–Crippen MR) is 53.5 cm³/mol. The first kappa shape index (κ1) is 9.46. The van der Waals surface area contributed by atoms with Crippen LogP contribution in [-0.2, 0) is 12.8 Å². The van der Waals surface area contributed by atoms with E-state index in [2.05, 4.69) is 0 Å². The molecule has 1 heterocycles. The Labute approximate surface area is 83.3 Å². The van der Waals surface area contributed by atoms with Crippen LogP contribution in [0.2, 0.25) is 0 Å². The van der Waals surface area contributed by atoms with Crippen molar-refractivity contribution in [1.82, 2.24) is 0 Å². The fourth-order valence-corrected chi connectivity index (χ4v) is 2.16. The van der Waals surface area contributed by atoms with Crippen molar-refractivity contribution in [2.24, 2.45) is 5.73 Å². The molecule has 0 saturated heterocycles. The molecule has 0 aliphatic heterocycles. The molecule has 0 spiro atoms. The molecule has 76 valence electrons. The minimum atomic E-state index is 0.136. The number of nitrogens with two attached hydrogens (primary N) is 1. The van der Waals surface area contributed by atoms with E-state index in [0.29, 0.717) is 13.0 Å². The smallest absolute Gasteiger partial charge is 0.167 e. The molecular weight excluding hydrogens is 178 g/mol. The topological polar surface area (TPSA) is 56.2 Å². The predicted octanol–water partition coefficient (Wildman–Crippen LogP) is 1.61. The van der Waals surface area contributed by atoms with Crippen molar-refractivity contribution in [3.63, 3.8) is 0 Å². The third kappa shape index (κ3) is 1.38. The number of carbonyl (C=O) groups excluding carboxylic acids is 1. The highest BCUT2D eigenvalue weighted by atomic mass is 16.3. The monoisotopic (exact) mass is 193 g/mol. The van der Waals surface area contributed by atoms with Crippen molar-refractivity contribution in [2.75, 3.05) is 6.54 Å². The lowest BCUT2D eigenvalue weighted by Gasteiger charge is -1.99. The van der Waals surface area contributed by atoms with Crippen LogP contribution < -0.4 is 5.73 Å². The third-order valence-electron chi connectivity index (χ3n) is 2.75. The van der Waals surface area contributed by atoms with E-state index in [1.165, 1.54) is 0 Å². The number of fused-ring (bicyclic) bond motifs is 1. The minimum Gasteiger partial charge on any atom is -0.465 e. The number of hydrogen-bond donors (Lipinski definition) is 1. The first-order chi connectivity index (χ1) is 6.74. The third-order valence-corrected chi connectivity index (χ3v) is 2.75. The van der Waals surface area contributed by atoms with Crippen molar-refractivity contribution in [3.05, 3.63) is 22.6 Å². The molecule has 2 rings (SSSR count). The van der Waals surface area contributed by atoms with Crippen molar-refractivity contribution in [2.45, 2.75) is 32.6 Å². The van der Waals surface area contributed by atoms with Crippen LogP contribution in [-0.4, -0.2) is 12.3 Å². The highest BCUT2D eigenvalue weighted by Crippen LogP contribution is 2.30.